The Morgan fingerprint density at radius 3 is 2.64 bits per heavy atom. The quantitative estimate of drug-likeness (QED) is 0.889. The Labute approximate surface area is 129 Å². The molecule has 1 aromatic rings. The number of anilines is 1. The van der Waals surface area contributed by atoms with Crippen molar-refractivity contribution in [2.45, 2.75) is 32.7 Å². The predicted molar refractivity (Wildman–Crippen MR) is 83.0 cm³/mol. The van der Waals surface area contributed by atoms with Gasteiger partial charge in [-0.3, -0.25) is 9.59 Å². The number of rotatable bonds is 4. The minimum atomic E-state index is -0.329. The van der Waals surface area contributed by atoms with Gasteiger partial charge in [-0.1, -0.05) is 12.1 Å². The molecular weight excluding hydrogens is 285 g/mol. The fourth-order valence-corrected chi connectivity index (χ4v) is 2.58. The summed E-state index contributed by atoms with van der Waals surface area (Å²) in [6.45, 7) is 4.61. The van der Waals surface area contributed by atoms with E-state index in [-0.39, 0.29) is 30.2 Å². The lowest BCUT2D eigenvalue weighted by molar-refractivity contribution is -0.130. The van der Waals surface area contributed by atoms with E-state index in [0.29, 0.717) is 24.3 Å². The van der Waals surface area contributed by atoms with Gasteiger partial charge in [-0.15, -0.1) is 0 Å². The van der Waals surface area contributed by atoms with Crippen LogP contribution in [0, 0.1) is 12.7 Å². The molecule has 2 rings (SSSR count). The number of hydrogen-bond acceptors (Lipinski definition) is 3. The van der Waals surface area contributed by atoms with E-state index < -0.39 is 0 Å². The normalized spacial score (nSPS) is 15.5. The van der Waals surface area contributed by atoms with Gasteiger partial charge < -0.3 is 15.5 Å². The number of amides is 2. The predicted octanol–water partition coefficient (Wildman–Crippen LogP) is 1.67. The van der Waals surface area contributed by atoms with E-state index in [2.05, 4.69) is 10.6 Å². The number of piperidine rings is 1. The van der Waals surface area contributed by atoms with Crippen molar-refractivity contribution in [3.63, 3.8) is 0 Å². The zero-order valence-corrected chi connectivity index (χ0v) is 13.0. The molecule has 0 aliphatic carbocycles. The van der Waals surface area contributed by atoms with Gasteiger partial charge in [0.25, 0.3) is 0 Å². The van der Waals surface area contributed by atoms with Gasteiger partial charge in [-0.05, 0) is 31.4 Å². The Balaban J connectivity index is 1.77. The van der Waals surface area contributed by atoms with E-state index in [1.54, 1.807) is 36.9 Å². The highest BCUT2D eigenvalue weighted by atomic mass is 19.1. The van der Waals surface area contributed by atoms with Gasteiger partial charge in [0.05, 0.1) is 12.2 Å². The third-order valence-electron chi connectivity index (χ3n) is 3.94. The Bertz CT molecular complexity index is 554. The summed E-state index contributed by atoms with van der Waals surface area (Å²) in [6, 6.07) is 5.12. The zero-order chi connectivity index (χ0) is 16.1. The molecule has 0 bridgehead atoms. The molecule has 0 atom stereocenters. The molecule has 0 unspecified atom stereocenters. The first-order valence-electron chi connectivity index (χ1n) is 7.51. The van der Waals surface area contributed by atoms with Gasteiger partial charge >= 0.3 is 0 Å². The van der Waals surface area contributed by atoms with E-state index >= 15 is 0 Å². The number of benzene rings is 1. The van der Waals surface area contributed by atoms with E-state index in [1.807, 2.05) is 0 Å². The Morgan fingerprint density at radius 1 is 1.32 bits per heavy atom. The average molecular weight is 307 g/mol. The highest BCUT2D eigenvalue weighted by molar-refractivity contribution is 5.81. The van der Waals surface area contributed by atoms with Crippen molar-refractivity contribution < 1.29 is 14.0 Å². The van der Waals surface area contributed by atoms with Crippen LogP contribution in [0.3, 0.4) is 0 Å². The monoisotopic (exact) mass is 307 g/mol. The van der Waals surface area contributed by atoms with E-state index in [9.17, 15) is 14.0 Å². The maximum atomic E-state index is 13.8. The van der Waals surface area contributed by atoms with Crippen molar-refractivity contribution in [3.8, 4) is 0 Å². The molecule has 1 heterocycles. The molecule has 0 saturated carbocycles. The van der Waals surface area contributed by atoms with Crippen LogP contribution in [-0.2, 0) is 9.59 Å². The smallest absolute Gasteiger partial charge is 0.239 e. The van der Waals surface area contributed by atoms with E-state index in [4.69, 9.17) is 0 Å². The van der Waals surface area contributed by atoms with Gasteiger partial charge in [0, 0.05) is 26.1 Å². The van der Waals surface area contributed by atoms with Gasteiger partial charge in [-0.25, -0.2) is 4.39 Å². The molecule has 2 N–H and O–H groups in total. The molecule has 0 spiro atoms. The first-order valence-corrected chi connectivity index (χ1v) is 7.51. The minimum Gasteiger partial charge on any atom is -0.374 e. The second-order valence-corrected chi connectivity index (χ2v) is 5.64. The third-order valence-corrected chi connectivity index (χ3v) is 3.94. The van der Waals surface area contributed by atoms with Crippen LogP contribution < -0.4 is 10.6 Å². The molecule has 1 aliphatic rings. The van der Waals surface area contributed by atoms with Crippen molar-refractivity contribution >= 4 is 17.5 Å². The van der Waals surface area contributed by atoms with Crippen LogP contribution in [0.15, 0.2) is 18.2 Å². The summed E-state index contributed by atoms with van der Waals surface area (Å²) in [6.07, 6.45) is 1.51. The van der Waals surface area contributed by atoms with Crippen molar-refractivity contribution in [2.75, 3.05) is 25.0 Å². The zero-order valence-electron chi connectivity index (χ0n) is 13.0. The summed E-state index contributed by atoms with van der Waals surface area (Å²) in [4.78, 5) is 24.9. The van der Waals surface area contributed by atoms with Crippen molar-refractivity contribution in [1.29, 1.82) is 0 Å². The molecule has 1 aromatic carbocycles. The van der Waals surface area contributed by atoms with Crippen molar-refractivity contribution in [1.82, 2.24) is 10.2 Å². The highest BCUT2D eigenvalue weighted by Gasteiger charge is 2.21. The topological polar surface area (TPSA) is 61.4 Å². The summed E-state index contributed by atoms with van der Waals surface area (Å²) in [5.74, 6) is -0.423. The second-order valence-electron chi connectivity index (χ2n) is 5.64. The van der Waals surface area contributed by atoms with Crippen LogP contribution in [0.1, 0.15) is 25.3 Å². The number of aryl methyl sites for hydroxylation is 1. The maximum Gasteiger partial charge on any atom is 0.239 e. The number of likely N-dealkylation sites (tertiary alicyclic amines) is 1. The Hall–Kier alpha value is -2.11. The molecule has 0 aromatic heterocycles. The maximum absolute atomic E-state index is 13.8. The summed E-state index contributed by atoms with van der Waals surface area (Å²) >= 11 is 0. The molecule has 1 fully saturated rings. The van der Waals surface area contributed by atoms with Gasteiger partial charge in [0.1, 0.15) is 5.82 Å². The lowest BCUT2D eigenvalue weighted by atomic mass is 10.1. The van der Waals surface area contributed by atoms with Gasteiger partial charge in [0.2, 0.25) is 11.8 Å². The van der Waals surface area contributed by atoms with Gasteiger partial charge in [0.15, 0.2) is 0 Å². The molecule has 0 radical (unpaired) electrons. The van der Waals surface area contributed by atoms with Crippen LogP contribution in [0.4, 0.5) is 10.1 Å². The lowest BCUT2D eigenvalue weighted by Gasteiger charge is -2.31. The highest BCUT2D eigenvalue weighted by Crippen LogP contribution is 2.16. The molecule has 5 nitrogen and oxygen atoms in total. The third kappa shape index (κ3) is 4.19. The Kier molecular flexibility index (Phi) is 5.35. The minimum absolute atomic E-state index is 0.0350. The fourth-order valence-electron chi connectivity index (χ4n) is 2.58. The van der Waals surface area contributed by atoms with Crippen LogP contribution in [0.5, 0.6) is 0 Å². The van der Waals surface area contributed by atoms with Crippen molar-refractivity contribution in [3.05, 3.63) is 29.6 Å². The second kappa shape index (κ2) is 7.24. The van der Waals surface area contributed by atoms with Crippen molar-refractivity contribution in [2.24, 2.45) is 0 Å². The number of carbonyl (C=O) groups is 2. The molecule has 22 heavy (non-hydrogen) atoms. The summed E-state index contributed by atoms with van der Waals surface area (Å²) < 4.78 is 13.8. The average Bonchev–Trinajstić information content (AvgIpc) is 2.49. The lowest BCUT2D eigenvalue weighted by Crippen LogP contribution is -2.47. The number of carbonyl (C=O) groups excluding carboxylic acids is 2. The molecule has 120 valence electrons. The summed E-state index contributed by atoms with van der Waals surface area (Å²) in [5, 5.41) is 5.74. The summed E-state index contributed by atoms with van der Waals surface area (Å²) in [5.41, 5.74) is 0.878. The Morgan fingerprint density at radius 2 is 2.00 bits per heavy atom. The molecule has 2 amide bonds. The number of nitrogens with zero attached hydrogens (tertiary/aromatic N) is 1. The van der Waals surface area contributed by atoms with Crippen LogP contribution in [0.2, 0.25) is 0 Å². The fraction of sp³-hybridized carbons (Fsp3) is 0.500. The number of halogens is 1. The van der Waals surface area contributed by atoms with E-state index in [0.717, 1.165) is 12.8 Å². The first-order chi connectivity index (χ1) is 10.5. The molecular formula is C16H22FN3O2. The SMILES string of the molecule is CC(=O)N1CCC(NC(=O)CNc2cccc(C)c2F)CC1. The molecule has 6 heteroatoms. The molecule has 1 aliphatic heterocycles. The first kappa shape index (κ1) is 16.3. The standard InChI is InChI=1S/C16H22FN3O2/c1-11-4-3-5-14(16(11)17)18-10-15(22)19-13-6-8-20(9-7-13)12(2)21/h3-5,13,18H,6-10H2,1-2H3,(H,19,22). The van der Waals surface area contributed by atoms with Crippen LogP contribution in [-0.4, -0.2) is 42.4 Å². The van der Waals surface area contributed by atoms with Gasteiger partial charge in [-0.2, -0.15) is 0 Å². The number of hydrogen-bond donors (Lipinski definition) is 2. The van der Waals surface area contributed by atoms with Crippen LogP contribution >= 0.6 is 0 Å². The number of nitrogens with one attached hydrogen (secondary N) is 2. The van der Waals surface area contributed by atoms with E-state index in [1.165, 1.54) is 0 Å². The molecule has 1 saturated heterocycles. The summed E-state index contributed by atoms with van der Waals surface area (Å²) in [7, 11) is 0. The van der Waals surface area contributed by atoms with Crippen LogP contribution in [0.25, 0.3) is 0 Å². The largest absolute Gasteiger partial charge is 0.374 e.